The van der Waals surface area contributed by atoms with E-state index >= 15 is 0 Å². The van der Waals surface area contributed by atoms with Gasteiger partial charge in [0.25, 0.3) is 0 Å². The molecule has 0 atom stereocenters. The van der Waals surface area contributed by atoms with Gasteiger partial charge in [-0.3, -0.25) is 0 Å². The van der Waals surface area contributed by atoms with Gasteiger partial charge in [-0.1, -0.05) is 27.2 Å². The fourth-order valence-electron chi connectivity index (χ4n) is 1.35. The Hall–Kier alpha value is -1.51. The molecule has 0 fully saturated rings. The maximum absolute atomic E-state index is 11.7. The van der Waals surface area contributed by atoms with E-state index in [1.54, 1.807) is 12.1 Å². The largest absolute Gasteiger partial charge is 0.494 e. The number of hydrogen-bond donors (Lipinski definition) is 0. The molecular formula is C15H22O3. The molecule has 0 radical (unpaired) electrons. The summed E-state index contributed by atoms with van der Waals surface area (Å²) in [6, 6.07) is 7.09. The molecule has 3 nitrogen and oxygen atoms in total. The highest BCUT2D eigenvalue weighted by molar-refractivity contribution is 5.89. The minimum absolute atomic E-state index is 0.274. The fraction of sp³-hybridized carbons (Fsp3) is 0.533. The average molecular weight is 250 g/mol. The molecule has 0 saturated heterocycles. The quantitative estimate of drug-likeness (QED) is 0.547. The first-order valence-corrected chi connectivity index (χ1v) is 6.53. The number of ether oxygens (including phenoxy) is 2. The Morgan fingerprint density at radius 3 is 2.44 bits per heavy atom. The smallest absolute Gasteiger partial charge is 0.338 e. The lowest BCUT2D eigenvalue weighted by molar-refractivity contribution is 0.0459. The van der Waals surface area contributed by atoms with Gasteiger partial charge in [0.1, 0.15) is 5.75 Å². The van der Waals surface area contributed by atoms with Crippen molar-refractivity contribution in [2.24, 2.45) is 5.92 Å². The second-order valence-corrected chi connectivity index (χ2v) is 4.72. The molecule has 1 aromatic carbocycles. The molecule has 0 spiro atoms. The SMILES string of the molecule is CCCCOc1ccc(C(=O)OCC(C)C)cc1. The summed E-state index contributed by atoms with van der Waals surface area (Å²) in [5.74, 6) is 0.873. The molecule has 0 aliphatic heterocycles. The van der Waals surface area contributed by atoms with Gasteiger partial charge in [0.05, 0.1) is 18.8 Å². The van der Waals surface area contributed by atoms with Crippen molar-refractivity contribution in [2.45, 2.75) is 33.6 Å². The van der Waals surface area contributed by atoms with Gasteiger partial charge in [-0.15, -0.1) is 0 Å². The van der Waals surface area contributed by atoms with E-state index in [1.165, 1.54) is 0 Å². The molecule has 0 unspecified atom stereocenters. The van der Waals surface area contributed by atoms with E-state index < -0.39 is 0 Å². The van der Waals surface area contributed by atoms with Crippen LogP contribution in [0.5, 0.6) is 5.75 Å². The summed E-state index contributed by atoms with van der Waals surface area (Å²) in [7, 11) is 0. The maximum Gasteiger partial charge on any atom is 0.338 e. The monoisotopic (exact) mass is 250 g/mol. The summed E-state index contributed by atoms with van der Waals surface area (Å²) < 4.78 is 10.7. The van der Waals surface area contributed by atoms with Gasteiger partial charge in [0.2, 0.25) is 0 Å². The molecular weight excluding hydrogens is 228 g/mol. The molecule has 1 aromatic rings. The molecule has 0 amide bonds. The van der Waals surface area contributed by atoms with Crippen LogP contribution < -0.4 is 4.74 Å². The number of esters is 1. The molecule has 100 valence electrons. The van der Waals surface area contributed by atoms with Crippen LogP contribution in [0.15, 0.2) is 24.3 Å². The third-order valence-electron chi connectivity index (χ3n) is 2.40. The van der Waals surface area contributed by atoms with Gasteiger partial charge >= 0.3 is 5.97 Å². The zero-order valence-corrected chi connectivity index (χ0v) is 11.4. The number of carbonyl (C=O) groups excluding carboxylic acids is 1. The summed E-state index contributed by atoms with van der Waals surface area (Å²) in [6.45, 7) is 7.31. The van der Waals surface area contributed by atoms with Crippen molar-refractivity contribution in [1.29, 1.82) is 0 Å². The molecule has 1 rings (SSSR count). The normalized spacial score (nSPS) is 10.4. The lowest BCUT2D eigenvalue weighted by atomic mass is 10.2. The van der Waals surface area contributed by atoms with Crippen LogP contribution in [0.25, 0.3) is 0 Å². The van der Waals surface area contributed by atoms with Crippen LogP contribution in [0.3, 0.4) is 0 Å². The maximum atomic E-state index is 11.7. The summed E-state index contributed by atoms with van der Waals surface area (Å²) in [5.41, 5.74) is 0.568. The Morgan fingerprint density at radius 1 is 1.22 bits per heavy atom. The highest BCUT2D eigenvalue weighted by atomic mass is 16.5. The van der Waals surface area contributed by atoms with Crippen LogP contribution in [-0.2, 0) is 4.74 Å². The molecule has 18 heavy (non-hydrogen) atoms. The number of carbonyl (C=O) groups is 1. The van der Waals surface area contributed by atoms with Gasteiger partial charge < -0.3 is 9.47 Å². The minimum Gasteiger partial charge on any atom is -0.494 e. The summed E-state index contributed by atoms with van der Waals surface area (Å²) >= 11 is 0. The van der Waals surface area contributed by atoms with Crippen molar-refractivity contribution in [3.8, 4) is 5.75 Å². The van der Waals surface area contributed by atoms with Crippen molar-refractivity contribution in [1.82, 2.24) is 0 Å². The van der Waals surface area contributed by atoms with E-state index in [-0.39, 0.29) is 5.97 Å². The second kappa shape index (κ2) is 7.75. The molecule has 0 saturated carbocycles. The van der Waals surface area contributed by atoms with Crippen molar-refractivity contribution < 1.29 is 14.3 Å². The molecule has 0 bridgehead atoms. The number of unbranched alkanes of at least 4 members (excludes halogenated alkanes) is 1. The minimum atomic E-state index is -0.274. The lowest BCUT2D eigenvalue weighted by Crippen LogP contribution is -2.10. The Labute approximate surface area is 109 Å². The number of hydrogen-bond acceptors (Lipinski definition) is 3. The van der Waals surface area contributed by atoms with Crippen LogP contribution in [0.4, 0.5) is 0 Å². The lowest BCUT2D eigenvalue weighted by Gasteiger charge is -2.08. The van der Waals surface area contributed by atoms with Gasteiger partial charge in [-0.25, -0.2) is 4.79 Å². The molecule has 0 N–H and O–H groups in total. The number of benzene rings is 1. The summed E-state index contributed by atoms with van der Waals surface area (Å²) in [4.78, 5) is 11.7. The molecule has 0 aliphatic rings. The second-order valence-electron chi connectivity index (χ2n) is 4.72. The van der Waals surface area contributed by atoms with Crippen molar-refractivity contribution >= 4 is 5.97 Å². The predicted molar refractivity (Wildman–Crippen MR) is 72.0 cm³/mol. The van der Waals surface area contributed by atoms with E-state index in [9.17, 15) is 4.79 Å². The van der Waals surface area contributed by atoms with Gasteiger partial charge in [-0.05, 0) is 36.6 Å². The van der Waals surface area contributed by atoms with E-state index in [0.29, 0.717) is 24.7 Å². The standard InChI is InChI=1S/C15H22O3/c1-4-5-10-17-14-8-6-13(7-9-14)15(16)18-11-12(2)3/h6-9,12H,4-5,10-11H2,1-3H3. The predicted octanol–water partition coefficient (Wildman–Crippen LogP) is 3.68. The fourth-order valence-corrected chi connectivity index (χ4v) is 1.35. The van der Waals surface area contributed by atoms with Crippen LogP contribution in [-0.4, -0.2) is 19.2 Å². The van der Waals surface area contributed by atoms with Crippen LogP contribution >= 0.6 is 0 Å². The van der Waals surface area contributed by atoms with Crippen LogP contribution in [0.1, 0.15) is 44.0 Å². The van der Waals surface area contributed by atoms with Crippen molar-refractivity contribution in [3.05, 3.63) is 29.8 Å². The average Bonchev–Trinajstić information content (AvgIpc) is 2.37. The number of rotatable bonds is 7. The van der Waals surface area contributed by atoms with Gasteiger partial charge in [0, 0.05) is 0 Å². The van der Waals surface area contributed by atoms with Crippen molar-refractivity contribution in [2.75, 3.05) is 13.2 Å². The van der Waals surface area contributed by atoms with E-state index in [2.05, 4.69) is 6.92 Å². The van der Waals surface area contributed by atoms with Gasteiger partial charge in [-0.2, -0.15) is 0 Å². The van der Waals surface area contributed by atoms with Crippen LogP contribution in [0.2, 0.25) is 0 Å². The van der Waals surface area contributed by atoms with Crippen molar-refractivity contribution in [3.63, 3.8) is 0 Å². The Morgan fingerprint density at radius 2 is 1.89 bits per heavy atom. The highest BCUT2D eigenvalue weighted by Gasteiger charge is 2.07. The van der Waals surface area contributed by atoms with Gasteiger partial charge in [0.15, 0.2) is 0 Å². The third-order valence-corrected chi connectivity index (χ3v) is 2.40. The zero-order valence-electron chi connectivity index (χ0n) is 11.4. The third kappa shape index (κ3) is 5.21. The first-order valence-electron chi connectivity index (χ1n) is 6.53. The topological polar surface area (TPSA) is 35.5 Å². The molecule has 0 aliphatic carbocycles. The summed E-state index contributed by atoms with van der Waals surface area (Å²) in [5, 5.41) is 0. The first-order chi connectivity index (χ1) is 8.63. The Balaban J connectivity index is 2.46. The van der Waals surface area contributed by atoms with E-state index in [4.69, 9.17) is 9.47 Å². The Bertz CT molecular complexity index is 355. The highest BCUT2D eigenvalue weighted by Crippen LogP contribution is 2.13. The Kier molecular flexibility index (Phi) is 6.26. The molecule has 0 heterocycles. The summed E-state index contributed by atoms with van der Waals surface area (Å²) in [6.07, 6.45) is 2.15. The molecule has 3 heteroatoms. The zero-order chi connectivity index (χ0) is 13.4. The van der Waals surface area contributed by atoms with E-state index in [0.717, 1.165) is 18.6 Å². The van der Waals surface area contributed by atoms with E-state index in [1.807, 2.05) is 26.0 Å². The first kappa shape index (κ1) is 14.6. The molecule has 0 aromatic heterocycles. The van der Waals surface area contributed by atoms with Crippen LogP contribution in [0, 0.1) is 5.92 Å².